The van der Waals surface area contributed by atoms with Gasteiger partial charge in [-0.3, -0.25) is 4.79 Å². The first kappa shape index (κ1) is 19.7. The van der Waals surface area contributed by atoms with Crippen LogP contribution in [0.4, 0.5) is 11.5 Å². The van der Waals surface area contributed by atoms with Crippen molar-refractivity contribution in [2.75, 3.05) is 18.2 Å². The highest BCUT2D eigenvalue weighted by Crippen LogP contribution is 2.58. The summed E-state index contributed by atoms with van der Waals surface area (Å²) in [4.78, 5) is 22.0. The van der Waals surface area contributed by atoms with E-state index < -0.39 is 0 Å². The van der Waals surface area contributed by atoms with Gasteiger partial charge in [-0.25, -0.2) is 14.6 Å². The molecule has 8 nitrogen and oxygen atoms in total. The van der Waals surface area contributed by atoms with Gasteiger partial charge >= 0.3 is 0 Å². The molecule has 0 saturated heterocycles. The van der Waals surface area contributed by atoms with Crippen molar-refractivity contribution in [3.8, 4) is 0 Å². The van der Waals surface area contributed by atoms with Crippen LogP contribution in [0.3, 0.4) is 0 Å². The molecule has 0 radical (unpaired) electrons. The third kappa shape index (κ3) is 3.16. The average molecular weight is 433 g/mol. The lowest BCUT2D eigenvalue weighted by atomic mass is 9.54. The molecule has 3 aromatic rings. The summed E-state index contributed by atoms with van der Waals surface area (Å²) in [6.07, 6.45) is 7.90. The number of nitrogens with one attached hydrogen (secondary N) is 1. The van der Waals surface area contributed by atoms with Gasteiger partial charge < -0.3 is 15.8 Å². The number of hydrogen-bond acceptors (Lipinski definition) is 6. The summed E-state index contributed by atoms with van der Waals surface area (Å²) in [6.45, 7) is 0.530. The fourth-order valence-corrected chi connectivity index (χ4v) is 6.70. The van der Waals surface area contributed by atoms with Crippen LogP contribution < -0.4 is 11.1 Å². The van der Waals surface area contributed by atoms with Gasteiger partial charge in [-0.1, -0.05) is 12.1 Å². The first-order chi connectivity index (χ1) is 15.6. The molecule has 4 saturated carbocycles. The molecule has 4 aliphatic carbocycles. The minimum absolute atomic E-state index is 0.287. The molecular formula is C24H28N6O2. The summed E-state index contributed by atoms with van der Waals surface area (Å²) >= 11 is 0. The minimum atomic E-state index is -0.293. The van der Waals surface area contributed by atoms with Crippen molar-refractivity contribution in [1.82, 2.24) is 19.7 Å². The molecule has 166 valence electrons. The molecule has 2 aromatic heterocycles. The van der Waals surface area contributed by atoms with Gasteiger partial charge in [-0.15, -0.1) is 0 Å². The number of benzene rings is 1. The van der Waals surface area contributed by atoms with Gasteiger partial charge in [0.05, 0.1) is 18.0 Å². The summed E-state index contributed by atoms with van der Waals surface area (Å²) in [5.41, 5.74) is 8.94. The quantitative estimate of drug-likeness (QED) is 0.635. The van der Waals surface area contributed by atoms with Crippen molar-refractivity contribution < 1.29 is 9.53 Å². The number of nitrogens with zero attached hydrogens (tertiary/aromatic N) is 4. The molecule has 0 aliphatic heterocycles. The average Bonchev–Trinajstić information content (AvgIpc) is 3.16. The molecule has 0 atom stereocenters. The van der Waals surface area contributed by atoms with Crippen LogP contribution in [-0.2, 0) is 11.3 Å². The van der Waals surface area contributed by atoms with E-state index in [0.29, 0.717) is 46.7 Å². The minimum Gasteiger partial charge on any atom is -0.383 e. The predicted molar refractivity (Wildman–Crippen MR) is 121 cm³/mol. The first-order valence-corrected chi connectivity index (χ1v) is 11.5. The van der Waals surface area contributed by atoms with Crippen molar-refractivity contribution in [2.24, 2.45) is 23.7 Å². The molecule has 1 amide bonds. The van der Waals surface area contributed by atoms with Crippen LogP contribution in [-0.4, -0.2) is 32.8 Å². The van der Waals surface area contributed by atoms with Crippen molar-refractivity contribution in [3.63, 3.8) is 0 Å². The maximum Gasteiger partial charge on any atom is 0.277 e. The van der Waals surface area contributed by atoms with E-state index in [1.165, 1.54) is 38.4 Å². The van der Waals surface area contributed by atoms with E-state index in [4.69, 9.17) is 15.6 Å². The molecule has 4 fully saturated rings. The highest BCUT2D eigenvalue weighted by Gasteiger charge is 2.50. The van der Waals surface area contributed by atoms with Crippen LogP contribution in [0.25, 0.3) is 11.0 Å². The lowest BCUT2D eigenvalue weighted by Gasteiger charge is -2.54. The molecule has 0 unspecified atom stereocenters. The Morgan fingerprint density at radius 2 is 1.78 bits per heavy atom. The Hall–Kier alpha value is -3.00. The second kappa shape index (κ2) is 7.55. The van der Waals surface area contributed by atoms with Crippen molar-refractivity contribution in [2.45, 2.75) is 44.8 Å². The number of nitrogen functional groups attached to an aromatic ring is 1. The van der Waals surface area contributed by atoms with E-state index in [0.717, 1.165) is 17.4 Å². The van der Waals surface area contributed by atoms with Gasteiger partial charge in [-0.2, -0.15) is 5.10 Å². The van der Waals surface area contributed by atoms with E-state index >= 15 is 0 Å². The summed E-state index contributed by atoms with van der Waals surface area (Å²) in [5.74, 6) is 2.94. The van der Waals surface area contributed by atoms with E-state index in [-0.39, 0.29) is 11.9 Å². The van der Waals surface area contributed by atoms with E-state index in [2.05, 4.69) is 15.3 Å². The molecule has 1 aromatic carbocycles. The second-order valence-corrected chi connectivity index (χ2v) is 9.76. The van der Waals surface area contributed by atoms with Crippen LogP contribution in [0.2, 0.25) is 0 Å². The van der Waals surface area contributed by atoms with Crippen LogP contribution in [0, 0.1) is 23.7 Å². The molecule has 2 heterocycles. The van der Waals surface area contributed by atoms with Crippen molar-refractivity contribution >= 4 is 28.4 Å². The van der Waals surface area contributed by atoms with Crippen molar-refractivity contribution in [3.05, 3.63) is 41.9 Å². The number of hydrogen-bond donors (Lipinski definition) is 2. The Balaban J connectivity index is 1.36. The molecule has 3 N–H and O–H groups in total. The van der Waals surface area contributed by atoms with Gasteiger partial charge in [0.25, 0.3) is 5.91 Å². The zero-order chi connectivity index (χ0) is 21.8. The fraction of sp³-hybridized carbons (Fsp3) is 0.500. The molecule has 4 aliphatic rings. The third-order valence-corrected chi connectivity index (χ3v) is 7.72. The summed E-state index contributed by atoms with van der Waals surface area (Å²) in [7, 11) is 1.66. The number of nitrogens with two attached hydrogens (primary N) is 1. The molecular weight excluding hydrogens is 404 g/mol. The maximum atomic E-state index is 13.3. The van der Waals surface area contributed by atoms with Crippen LogP contribution in [0.1, 0.15) is 54.2 Å². The second-order valence-electron chi connectivity index (χ2n) is 9.76. The highest BCUT2D eigenvalue weighted by molar-refractivity contribution is 6.13. The standard InChI is InChI=1S/C24H28N6O2/c1-32-11-13-2-4-18(5-3-13)28-24(31)20-19-22(25)26-12-27-23(19)30(29-20)21-16-7-14-6-15(9-16)10-17(21)8-14/h2-5,12,14-17,21H,6-11H2,1H3,(H,28,31)(H2,25,26,27). The van der Waals surface area contributed by atoms with Gasteiger partial charge in [0.15, 0.2) is 11.3 Å². The SMILES string of the molecule is COCc1ccc(NC(=O)c2nn(C3C4CC5CC(C4)CC3C5)c3ncnc(N)c23)cc1. The van der Waals surface area contributed by atoms with E-state index in [1.807, 2.05) is 28.9 Å². The summed E-state index contributed by atoms with van der Waals surface area (Å²) < 4.78 is 7.16. The number of amides is 1. The number of carbonyl (C=O) groups excluding carboxylic acids is 1. The number of ether oxygens (including phenoxy) is 1. The Morgan fingerprint density at radius 3 is 2.44 bits per heavy atom. The van der Waals surface area contributed by atoms with Gasteiger partial charge in [-0.05, 0) is 73.5 Å². The van der Waals surface area contributed by atoms with Gasteiger partial charge in [0, 0.05) is 12.8 Å². The number of rotatable bonds is 5. The number of carbonyl (C=O) groups is 1. The molecule has 0 spiro atoms. The van der Waals surface area contributed by atoms with E-state index in [1.54, 1.807) is 7.11 Å². The lowest BCUT2D eigenvalue weighted by molar-refractivity contribution is -0.0322. The first-order valence-electron chi connectivity index (χ1n) is 11.5. The van der Waals surface area contributed by atoms with Gasteiger partial charge in [0.1, 0.15) is 12.1 Å². The highest BCUT2D eigenvalue weighted by atomic mass is 16.5. The van der Waals surface area contributed by atoms with Crippen LogP contribution in [0.5, 0.6) is 0 Å². The smallest absolute Gasteiger partial charge is 0.277 e. The third-order valence-electron chi connectivity index (χ3n) is 7.72. The van der Waals surface area contributed by atoms with E-state index in [9.17, 15) is 4.79 Å². The Bertz CT molecular complexity index is 1140. The van der Waals surface area contributed by atoms with Crippen molar-refractivity contribution in [1.29, 1.82) is 0 Å². The van der Waals surface area contributed by atoms with Crippen LogP contribution >= 0.6 is 0 Å². The number of aromatic nitrogens is 4. The summed E-state index contributed by atoms with van der Waals surface area (Å²) in [6, 6.07) is 7.88. The number of anilines is 2. The monoisotopic (exact) mass is 432 g/mol. The maximum absolute atomic E-state index is 13.3. The Kier molecular flexibility index (Phi) is 4.64. The topological polar surface area (TPSA) is 108 Å². The molecule has 32 heavy (non-hydrogen) atoms. The normalized spacial score (nSPS) is 28.3. The Labute approximate surface area is 186 Å². The zero-order valence-electron chi connectivity index (χ0n) is 18.2. The number of methoxy groups -OCH3 is 1. The summed E-state index contributed by atoms with van der Waals surface area (Å²) in [5, 5.41) is 8.35. The number of fused-ring (bicyclic) bond motifs is 1. The largest absolute Gasteiger partial charge is 0.383 e. The zero-order valence-corrected chi connectivity index (χ0v) is 18.2. The predicted octanol–water partition coefficient (Wildman–Crippen LogP) is 3.80. The fourth-order valence-electron chi connectivity index (χ4n) is 6.70. The van der Waals surface area contributed by atoms with Gasteiger partial charge in [0.2, 0.25) is 0 Å². The molecule has 8 heteroatoms. The molecule has 7 rings (SSSR count). The lowest BCUT2D eigenvalue weighted by Crippen LogP contribution is -2.46. The van der Waals surface area contributed by atoms with Crippen LogP contribution in [0.15, 0.2) is 30.6 Å². The molecule has 4 bridgehead atoms. The Morgan fingerprint density at radius 1 is 1.09 bits per heavy atom.